The van der Waals surface area contributed by atoms with Gasteiger partial charge in [0.2, 0.25) is 10.0 Å². The number of hydrogen-bond donors (Lipinski definition) is 3. The Hall–Kier alpha value is -1.71. The van der Waals surface area contributed by atoms with Gasteiger partial charge in [-0.25, -0.2) is 13.6 Å². The van der Waals surface area contributed by atoms with E-state index in [1.807, 2.05) is 0 Å². The van der Waals surface area contributed by atoms with Crippen molar-refractivity contribution in [3.05, 3.63) is 28.3 Å². The Balaban J connectivity index is 3.25. The van der Waals surface area contributed by atoms with Crippen molar-refractivity contribution in [2.24, 2.45) is 5.14 Å². The van der Waals surface area contributed by atoms with Crippen molar-refractivity contribution in [3.63, 3.8) is 0 Å². The summed E-state index contributed by atoms with van der Waals surface area (Å²) in [4.78, 5) is 9.78. The number of nitrogens with two attached hydrogens (primary N) is 1. The second kappa shape index (κ2) is 5.29. The third kappa shape index (κ3) is 3.39. The molecule has 0 aliphatic rings. The lowest BCUT2D eigenvalue weighted by Crippen LogP contribution is -2.20. The second-order valence-electron chi connectivity index (χ2n) is 3.71. The lowest BCUT2D eigenvalue weighted by Gasteiger charge is -2.12. The number of hydrogen-bond acceptors (Lipinski definition) is 6. The van der Waals surface area contributed by atoms with E-state index < -0.39 is 26.7 Å². The van der Waals surface area contributed by atoms with Gasteiger partial charge in [-0.1, -0.05) is 0 Å². The quantitative estimate of drug-likeness (QED) is 0.512. The highest BCUT2D eigenvalue weighted by Gasteiger charge is 2.19. The molecule has 1 rings (SSSR count). The fraction of sp³-hybridized carbons (Fsp3) is 0.333. The Morgan fingerprint density at radius 3 is 2.61 bits per heavy atom. The molecule has 0 spiro atoms. The van der Waals surface area contributed by atoms with Gasteiger partial charge in [0, 0.05) is 12.1 Å². The average Bonchev–Trinajstić information content (AvgIpc) is 2.27. The molecule has 1 atom stereocenters. The van der Waals surface area contributed by atoms with Gasteiger partial charge in [-0.3, -0.25) is 10.1 Å². The van der Waals surface area contributed by atoms with E-state index in [1.54, 1.807) is 6.92 Å². The van der Waals surface area contributed by atoms with Gasteiger partial charge in [0.05, 0.1) is 16.4 Å². The molecule has 1 unspecified atom stereocenters. The van der Waals surface area contributed by atoms with Gasteiger partial charge in [-0.05, 0) is 19.1 Å². The third-order valence-corrected chi connectivity index (χ3v) is 3.08. The van der Waals surface area contributed by atoms with Crippen LogP contribution >= 0.6 is 0 Å². The monoisotopic (exact) mass is 275 g/mol. The molecule has 0 bridgehead atoms. The van der Waals surface area contributed by atoms with E-state index in [2.05, 4.69) is 5.32 Å². The minimum absolute atomic E-state index is 0.119. The largest absolute Gasteiger partial charge is 0.394 e. The van der Waals surface area contributed by atoms with Crippen LogP contribution in [-0.2, 0) is 10.0 Å². The van der Waals surface area contributed by atoms with Gasteiger partial charge < -0.3 is 10.4 Å². The molecule has 4 N–H and O–H groups in total. The Bertz CT molecular complexity index is 557. The van der Waals surface area contributed by atoms with Gasteiger partial charge in [0.15, 0.2) is 0 Å². The van der Waals surface area contributed by atoms with Crippen LogP contribution in [0.3, 0.4) is 0 Å². The highest BCUT2D eigenvalue weighted by atomic mass is 32.2. The summed E-state index contributed by atoms with van der Waals surface area (Å²) < 4.78 is 22.2. The first-order chi connectivity index (χ1) is 8.25. The number of nitrogens with zero attached hydrogens (tertiary/aromatic N) is 1. The number of nitrogens with one attached hydrogen (secondary N) is 1. The van der Waals surface area contributed by atoms with Crippen LogP contribution in [0.15, 0.2) is 23.1 Å². The van der Waals surface area contributed by atoms with Crippen LogP contribution in [0.1, 0.15) is 6.92 Å². The molecule has 0 saturated heterocycles. The molecule has 8 nitrogen and oxygen atoms in total. The molecule has 0 aliphatic heterocycles. The third-order valence-electron chi connectivity index (χ3n) is 2.17. The lowest BCUT2D eigenvalue weighted by molar-refractivity contribution is -0.384. The summed E-state index contributed by atoms with van der Waals surface area (Å²) in [5.74, 6) is 0. The van der Waals surface area contributed by atoms with Crippen LogP contribution in [-0.4, -0.2) is 31.1 Å². The van der Waals surface area contributed by atoms with Crippen molar-refractivity contribution in [2.45, 2.75) is 17.9 Å². The first-order valence-electron chi connectivity index (χ1n) is 4.94. The van der Waals surface area contributed by atoms with Gasteiger partial charge >= 0.3 is 0 Å². The molecule has 18 heavy (non-hydrogen) atoms. The zero-order chi connectivity index (χ0) is 13.9. The van der Waals surface area contributed by atoms with E-state index >= 15 is 0 Å². The molecule has 0 heterocycles. The van der Waals surface area contributed by atoms with Crippen molar-refractivity contribution in [1.82, 2.24) is 0 Å². The molecule has 0 amide bonds. The van der Waals surface area contributed by atoms with Crippen molar-refractivity contribution in [3.8, 4) is 0 Å². The fourth-order valence-electron chi connectivity index (χ4n) is 1.27. The number of aliphatic hydroxyl groups is 1. The first kappa shape index (κ1) is 14.4. The van der Waals surface area contributed by atoms with Crippen LogP contribution in [0, 0.1) is 10.1 Å². The van der Waals surface area contributed by atoms with E-state index in [1.165, 1.54) is 6.07 Å². The number of nitro groups is 1. The normalized spacial score (nSPS) is 13.1. The number of benzene rings is 1. The molecule has 9 heteroatoms. The molecule has 0 fully saturated rings. The number of nitro benzene ring substituents is 1. The summed E-state index contributed by atoms with van der Waals surface area (Å²) in [5, 5.41) is 27.3. The molecule has 1 aromatic carbocycles. The van der Waals surface area contributed by atoms with Crippen molar-refractivity contribution < 1.29 is 18.4 Å². The number of primary sulfonamides is 1. The summed E-state index contributed by atoms with van der Waals surface area (Å²) in [7, 11) is -3.99. The van der Waals surface area contributed by atoms with Crippen LogP contribution < -0.4 is 10.5 Å². The SMILES string of the molecule is CC(CO)Nc1ccc(S(N)(=O)=O)cc1[N+](=O)[O-]. The summed E-state index contributed by atoms with van der Waals surface area (Å²) in [6.45, 7) is 1.41. The zero-order valence-electron chi connectivity index (χ0n) is 9.53. The van der Waals surface area contributed by atoms with E-state index in [9.17, 15) is 18.5 Å². The average molecular weight is 275 g/mol. The summed E-state index contributed by atoms with van der Waals surface area (Å²) in [6, 6.07) is 2.88. The van der Waals surface area contributed by atoms with Crippen LogP contribution in [0.2, 0.25) is 0 Å². The smallest absolute Gasteiger partial charge is 0.293 e. The molecule has 0 radical (unpaired) electrons. The van der Waals surface area contributed by atoms with Crippen LogP contribution in [0.25, 0.3) is 0 Å². The number of sulfonamides is 1. The summed E-state index contributed by atoms with van der Waals surface area (Å²) in [5.41, 5.74) is -0.296. The topological polar surface area (TPSA) is 136 Å². The van der Waals surface area contributed by atoms with E-state index in [-0.39, 0.29) is 17.2 Å². The van der Waals surface area contributed by atoms with Gasteiger partial charge in [-0.15, -0.1) is 0 Å². The van der Waals surface area contributed by atoms with Gasteiger partial charge in [0.1, 0.15) is 5.69 Å². The van der Waals surface area contributed by atoms with Gasteiger partial charge in [0.25, 0.3) is 5.69 Å². The molecular formula is C9H13N3O5S. The molecular weight excluding hydrogens is 262 g/mol. The molecule has 100 valence electrons. The fourth-order valence-corrected chi connectivity index (χ4v) is 1.81. The maximum absolute atomic E-state index is 11.1. The maximum Gasteiger partial charge on any atom is 0.293 e. The summed E-state index contributed by atoms with van der Waals surface area (Å²) in [6.07, 6.45) is 0. The Morgan fingerprint density at radius 2 is 2.17 bits per heavy atom. The van der Waals surface area contributed by atoms with Gasteiger partial charge in [-0.2, -0.15) is 0 Å². The Labute approximate surface area is 104 Å². The minimum atomic E-state index is -3.99. The number of aliphatic hydroxyl groups excluding tert-OH is 1. The molecule has 1 aromatic rings. The summed E-state index contributed by atoms with van der Waals surface area (Å²) >= 11 is 0. The lowest BCUT2D eigenvalue weighted by atomic mass is 10.2. The van der Waals surface area contributed by atoms with E-state index in [4.69, 9.17) is 10.2 Å². The predicted molar refractivity (Wildman–Crippen MR) is 64.6 cm³/mol. The van der Waals surface area contributed by atoms with E-state index in [0.29, 0.717) is 0 Å². The molecule has 0 aliphatic carbocycles. The first-order valence-corrected chi connectivity index (χ1v) is 6.49. The molecule has 0 aromatic heterocycles. The Kier molecular flexibility index (Phi) is 4.22. The predicted octanol–water partition coefficient (Wildman–Crippen LogP) is 0.0349. The second-order valence-corrected chi connectivity index (χ2v) is 5.27. The Morgan fingerprint density at radius 1 is 1.56 bits per heavy atom. The maximum atomic E-state index is 11.1. The number of anilines is 1. The zero-order valence-corrected chi connectivity index (χ0v) is 10.3. The van der Waals surface area contributed by atoms with Crippen molar-refractivity contribution >= 4 is 21.4 Å². The highest BCUT2D eigenvalue weighted by Crippen LogP contribution is 2.27. The number of rotatable bonds is 5. The van der Waals surface area contributed by atoms with Crippen LogP contribution in [0.4, 0.5) is 11.4 Å². The molecule has 0 saturated carbocycles. The standard InChI is InChI=1S/C9H13N3O5S/c1-6(5-13)11-8-3-2-7(18(10,16)17)4-9(8)12(14)15/h2-4,6,11,13H,5H2,1H3,(H2,10,16,17). The van der Waals surface area contributed by atoms with Crippen molar-refractivity contribution in [1.29, 1.82) is 0 Å². The minimum Gasteiger partial charge on any atom is -0.394 e. The van der Waals surface area contributed by atoms with E-state index in [0.717, 1.165) is 12.1 Å². The van der Waals surface area contributed by atoms with Crippen molar-refractivity contribution in [2.75, 3.05) is 11.9 Å². The van der Waals surface area contributed by atoms with Crippen LogP contribution in [0.5, 0.6) is 0 Å². The highest BCUT2D eigenvalue weighted by molar-refractivity contribution is 7.89.